The van der Waals surface area contributed by atoms with Crippen LogP contribution in [0.25, 0.3) is 11.3 Å². The Morgan fingerprint density at radius 2 is 2.25 bits per heavy atom. The Kier molecular flexibility index (Phi) is 2.66. The monoisotopic (exact) mass is 237 g/mol. The SMILES string of the molecule is Cc1ccc(-c2oncc2C(=O)O)c(Cl)c1. The van der Waals surface area contributed by atoms with Crippen LogP contribution in [-0.2, 0) is 0 Å². The van der Waals surface area contributed by atoms with E-state index in [1.807, 2.05) is 13.0 Å². The fourth-order valence-electron chi connectivity index (χ4n) is 1.39. The molecule has 0 fully saturated rings. The summed E-state index contributed by atoms with van der Waals surface area (Å²) >= 11 is 6.02. The standard InChI is InChI=1S/C11H8ClNO3/c1-6-2-3-7(9(12)4-6)10-8(11(14)15)5-13-16-10/h2-5H,1H3,(H,14,15). The lowest BCUT2D eigenvalue weighted by molar-refractivity contribution is 0.0697. The van der Waals surface area contributed by atoms with Gasteiger partial charge in [0.05, 0.1) is 11.2 Å². The molecule has 2 rings (SSSR count). The van der Waals surface area contributed by atoms with Crippen molar-refractivity contribution in [2.45, 2.75) is 6.92 Å². The van der Waals surface area contributed by atoms with E-state index in [1.165, 1.54) is 0 Å². The predicted molar refractivity (Wildman–Crippen MR) is 58.6 cm³/mol. The predicted octanol–water partition coefficient (Wildman–Crippen LogP) is 3.00. The molecule has 0 radical (unpaired) electrons. The highest BCUT2D eigenvalue weighted by Crippen LogP contribution is 2.31. The number of benzene rings is 1. The minimum absolute atomic E-state index is 0.00533. The molecular weight excluding hydrogens is 230 g/mol. The van der Waals surface area contributed by atoms with E-state index < -0.39 is 5.97 Å². The second kappa shape index (κ2) is 3.98. The van der Waals surface area contributed by atoms with Crippen molar-refractivity contribution in [1.29, 1.82) is 0 Å². The Morgan fingerprint density at radius 3 is 2.88 bits per heavy atom. The van der Waals surface area contributed by atoms with E-state index in [-0.39, 0.29) is 11.3 Å². The van der Waals surface area contributed by atoms with Crippen LogP contribution in [-0.4, -0.2) is 16.2 Å². The Morgan fingerprint density at radius 1 is 1.50 bits per heavy atom. The van der Waals surface area contributed by atoms with Crippen molar-refractivity contribution in [3.8, 4) is 11.3 Å². The topological polar surface area (TPSA) is 63.3 Å². The van der Waals surface area contributed by atoms with Gasteiger partial charge in [0.15, 0.2) is 5.76 Å². The van der Waals surface area contributed by atoms with Gasteiger partial charge in [-0.3, -0.25) is 0 Å². The molecule has 5 heteroatoms. The Hall–Kier alpha value is -1.81. The maximum Gasteiger partial charge on any atom is 0.341 e. The molecule has 82 valence electrons. The minimum Gasteiger partial charge on any atom is -0.477 e. The lowest BCUT2D eigenvalue weighted by Crippen LogP contribution is -1.96. The number of aromatic carboxylic acids is 1. The third-order valence-electron chi connectivity index (χ3n) is 2.17. The van der Waals surface area contributed by atoms with Gasteiger partial charge in [0.25, 0.3) is 0 Å². The molecule has 0 amide bonds. The van der Waals surface area contributed by atoms with E-state index >= 15 is 0 Å². The summed E-state index contributed by atoms with van der Waals surface area (Å²) in [5.74, 6) is -0.912. The van der Waals surface area contributed by atoms with Crippen molar-refractivity contribution in [2.24, 2.45) is 0 Å². The number of carboxylic acid groups (broad SMARTS) is 1. The number of halogens is 1. The van der Waals surface area contributed by atoms with Gasteiger partial charge in [0.2, 0.25) is 0 Å². The number of hydrogen-bond acceptors (Lipinski definition) is 3. The second-order valence-corrected chi connectivity index (χ2v) is 3.76. The van der Waals surface area contributed by atoms with Gasteiger partial charge in [0, 0.05) is 5.56 Å². The molecule has 0 aliphatic heterocycles. The first-order valence-electron chi connectivity index (χ1n) is 4.54. The van der Waals surface area contributed by atoms with Crippen molar-refractivity contribution < 1.29 is 14.4 Å². The first-order valence-corrected chi connectivity index (χ1v) is 4.92. The molecule has 1 aromatic carbocycles. The fraction of sp³-hybridized carbons (Fsp3) is 0.0909. The lowest BCUT2D eigenvalue weighted by atomic mass is 10.1. The van der Waals surface area contributed by atoms with Crippen LogP contribution in [0.15, 0.2) is 28.9 Å². The van der Waals surface area contributed by atoms with E-state index in [4.69, 9.17) is 21.2 Å². The van der Waals surface area contributed by atoms with Crippen molar-refractivity contribution >= 4 is 17.6 Å². The van der Waals surface area contributed by atoms with Gasteiger partial charge in [-0.1, -0.05) is 22.8 Å². The first kappa shape index (κ1) is 10.7. The summed E-state index contributed by atoms with van der Waals surface area (Å²) in [6.07, 6.45) is 1.16. The van der Waals surface area contributed by atoms with Crippen molar-refractivity contribution in [3.05, 3.63) is 40.5 Å². The summed E-state index contributed by atoms with van der Waals surface area (Å²) in [6, 6.07) is 5.28. The van der Waals surface area contributed by atoms with Crippen LogP contribution in [0.2, 0.25) is 5.02 Å². The van der Waals surface area contributed by atoms with E-state index in [1.54, 1.807) is 12.1 Å². The smallest absolute Gasteiger partial charge is 0.341 e. The molecule has 4 nitrogen and oxygen atoms in total. The van der Waals surface area contributed by atoms with Crippen molar-refractivity contribution in [2.75, 3.05) is 0 Å². The largest absolute Gasteiger partial charge is 0.477 e. The molecule has 0 saturated heterocycles. The zero-order chi connectivity index (χ0) is 11.7. The summed E-state index contributed by atoms with van der Waals surface area (Å²) in [5.41, 5.74) is 1.53. The molecule has 2 aromatic rings. The fourth-order valence-corrected chi connectivity index (χ4v) is 1.71. The zero-order valence-electron chi connectivity index (χ0n) is 8.40. The van der Waals surface area contributed by atoms with Gasteiger partial charge in [0.1, 0.15) is 5.56 Å². The summed E-state index contributed by atoms with van der Waals surface area (Å²) < 4.78 is 4.92. The zero-order valence-corrected chi connectivity index (χ0v) is 9.15. The number of nitrogens with zero attached hydrogens (tertiary/aromatic N) is 1. The summed E-state index contributed by atoms with van der Waals surface area (Å²) in [5, 5.41) is 12.8. The van der Waals surface area contributed by atoms with E-state index in [0.29, 0.717) is 10.6 Å². The van der Waals surface area contributed by atoms with Crippen LogP contribution in [0.1, 0.15) is 15.9 Å². The maximum absolute atomic E-state index is 10.9. The van der Waals surface area contributed by atoms with Crippen LogP contribution in [0, 0.1) is 6.92 Å². The van der Waals surface area contributed by atoms with Gasteiger partial charge in [-0.05, 0) is 24.6 Å². The average molecular weight is 238 g/mol. The van der Waals surface area contributed by atoms with Gasteiger partial charge in [-0.15, -0.1) is 0 Å². The van der Waals surface area contributed by atoms with E-state index in [2.05, 4.69) is 5.16 Å². The lowest BCUT2D eigenvalue weighted by Gasteiger charge is -2.02. The van der Waals surface area contributed by atoms with E-state index in [9.17, 15) is 4.79 Å². The van der Waals surface area contributed by atoms with Gasteiger partial charge in [-0.2, -0.15) is 0 Å². The molecule has 1 heterocycles. The van der Waals surface area contributed by atoms with E-state index in [0.717, 1.165) is 11.8 Å². The molecule has 0 spiro atoms. The molecule has 0 unspecified atom stereocenters. The van der Waals surface area contributed by atoms with Crippen LogP contribution in [0.5, 0.6) is 0 Å². The maximum atomic E-state index is 10.9. The minimum atomic E-state index is -1.09. The van der Waals surface area contributed by atoms with Crippen LogP contribution in [0.3, 0.4) is 0 Å². The molecular formula is C11H8ClNO3. The molecule has 0 bridgehead atoms. The third kappa shape index (κ3) is 1.79. The number of carbonyl (C=O) groups is 1. The quantitative estimate of drug-likeness (QED) is 0.872. The van der Waals surface area contributed by atoms with Crippen LogP contribution in [0.4, 0.5) is 0 Å². The normalized spacial score (nSPS) is 10.4. The molecule has 0 aliphatic rings. The molecule has 16 heavy (non-hydrogen) atoms. The number of hydrogen-bond donors (Lipinski definition) is 1. The van der Waals surface area contributed by atoms with Crippen molar-refractivity contribution in [1.82, 2.24) is 5.16 Å². The molecule has 0 atom stereocenters. The molecule has 0 saturated carbocycles. The number of rotatable bonds is 2. The highest BCUT2D eigenvalue weighted by atomic mass is 35.5. The van der Waals surface area contributed by atoms with Gasteiger partial charge in [-0.25, -0.2) is 4.79 Å². The molecule has 0 aliphatic carbocycles. The van der Waals surface area contributed by atoms with Gasteiger partial charge < -0.3 is 9.63 Å². The average Bonchev–Trinajstić information content (AvgIpc) is 2.66. The van der Waals surface area contributed by atoms with Crippen LogP contribution >= 0.6 is 11.6 Å². The molecule has 1 aromatic heterocycles. The van der Waals surface area contributed by atoms with Crippen molar-refractivity contribution in [3.63, 3.8) is 0 Å². The number of aromatic nitrogens is 1. The highest BCUT2D eigenvalue weighted by Gasteiger charge is 2.18. The Bertz CT molecular complexity index is 548. The Labute approximate surface area is 96.4 Å². The third-order valence-corrected chi connectivity index (χ3v) is 2.48. The summed E-state index contributed by atoms with van der Waals surface area (Å²) in [7, 11) is 0. The Balaban J connectivity index is 2.59. The number of carboxylic acids is 1. The van der Waals surface area contributed by atoms with Gasteiger partial charge >= 0.3 is 5.97 Å². The summed E-state index contributed by atoms with van der Waals surface area (Å²) in [6.45, 7) is 1.90. The molecule has 1 N–H and O–H groups in total. The first-order chi connectivity index (χ1) is 7.59. The van der Waals surface area contributed by atoms with Crippen LogP contribution < -0.4 is 0 Å². The summed E-state index contributed by atoms with van der Waals surface area (Å²) in [4.78, 5) is 10.9. The highest BCUT2D eigenvalue weighted by molar-refractivity contribution is 6.33. The second-order valence-electron chi connectivity index (χ2n) is 3.36. The number of aryl methyl sites for hydroxylation is 1.